The van der Waals surface area contributed by atoms with Crippen LogP contribution in [0, 0.1) is 0 Å². The topological polar surface area (TPSA) is 59.0 Å². The third kappa shape index (κ3) is 4.73. The van der Waals surface area contributed by atoms with Gasteiger partial charge in [-0.25, -0.2) is 4.98 Å². The zero-order valence-electron chi connectivity index (χ0n) is 22.3. The fraction of sp³-hybridized carbons (Fsp3) is 0.586. The van der Waals surface area contributed by atoms with Crippen molar-refractivity contribution in [3.8, 4) is 11.1 Å². The second-order valence-electron chi connectivity index (χ2n) is 11.3. The zero-order chi connectivity index (χ0) is 25.4. The molecule has 0 bridgehead atoms. The molecule has 1 aromatic carbocycles. The first-order valence-electron chi connectivity index (χ1n) is 13.9. The van der Waals surface area contributed by atoms with Gasteiger partial charge in [0.1, 0.15) is 10.6 Å². The summed E-state index contributed by atoms with van der Waals surface area (Å²) in [6, 6.07) is 11.2. The van der Waals surface area contributed by atoms with Crippen molar-refractivity contribution in [1.29, 1.82) is 0 Å². The number of likely N-dealkylation sites (N-methyl/N-ethyl adjacent to an activating group) is 2. The molecule has 3 aromatic rings. The smallest absolute Gasteiger partial charge is 0.228 e. The number of thiophene rings is 1. The molecule has 1 saturated carbocycles. The van der Waals surface area contributed by atoms with Crippen LogP contribution in [0.1, 0.15) is 38.5 Å². The third-order valence-corrected chi connectivity index (χ3v) is 10.0. The molecular weight excluding hydrogens is 480 g/mol. The van der Waals surface area contributed by atoms with Crippen LogP contribution < -0.4 is 9.80 Å². The monoisotopic (exact) mass is 520 g/mol. The van der Waals surface area contributed by atoms with Crippen molar-refractivity contribution in [2.24, 2.45) is 0 Å². The van der Waals surface area contributed by atoms with Crippen LogP contribution in [0.2, 0.25) is 0 Å². The maximum Gasteiger partial charge on any atom is 0.228 e. The van der Waals surface area contributed by atoms with E-state index < -0.39 is 0 Å². The lowest BCUT2D eigenvalue weighted by molar-refractivity contribution is 0.0149. The predicted octanol–water partition coefficient (Wildman–Crippen LogP) is 4.32. The molecule has 7 nitrogen and oxygen atoms in total. The second-order valence-corrected chi connectivity index (χ2v) is 12.1. The van der Waals surface area contributed by atoms with Crippen LogP contribution in [0.3, 0.4) is 0 Å². The summed E-state index contributed by atoms with van der Waals surface area (Å²) in [5, 5.41) is 13.7. The average Bonchev–Trinajstić information content (AvgIpc) is 3.61. The number of aromatic nitrogens is 2. The Hall–Kier alpha value is -2.26. The van der Waals surface area contributed by atoms with Gasteiger partial charge >= 0.3 is 0 Å². The highest BCUT2D eigenvalue weighted by molar-refractivity contribution is 7.17. The molecule has 1 aliphatic carbocycles. The van der Waals surface area contributed by atoms with Crippen LogP contribution in [-0.2, 0) is 0 Å². The van der Waals surface area contributed by atoms with E-state index in [1.54, 1.807) is 11.3 Å². The summed E-state index contributed by atoms with van der Waals surface area (Å²) < 4.78 is 0. The molecule has 3 aliphatic rings. The minimum Gasteiger partial charge on any atom is -0.394 e. The molecule has 37 heavy (non-hydrogen) atoms. The third-order valence-electron chi connectivity index (χ3n) is 9.16. The Morgan fingerprint density at radius 2 is 1.68 bits per heavy atom. The van der Waals surface area contributed by atoms with Gasteiger partial charge in [-0.1, -0.05) is 43.2 Å². The molecule has 0 unspecified atom stereocenters. The van der Waals surface area contributed by atoms with E-state index in [2.05, 4.69) is 69.4 Å². The first kappa shape index (κ1) is 25.0. The van der Waals surface area contributed by atoms with Crippen molar-refractivity contribution in [2.75, 3.05) is 69.8 Å². The lowest BCUT2D eigenvalue weighted by atomic mass is 9.91. The van der Waals surface area contributed by atoms with Crippen LogP contribution >= 0.6 is 11.3 Å². The number of hydrogen-bond donors (Lipinski definition) is 1. The van der Waals surface area contributed by atoms with E-state index in [1.807, 2.05) is 0 Å². The molecule has 0 radical (unpaired) electrons. The number of piperazine rings is 1. The van der Waals surface area contributed by atoms with Crippen molar-refractivity contribution in [3.05, 3.63) is 35.7 Å². The molecule has 0 atom stereocenters. The van der Waals surface area contributed by atoms with Gasteiger partial charge in [-0.05, 0) is 45.3 Å². The number of nitrogens with zero attached hydrogens (tertiary/aromatic N) is 6. The Balaban J connectivity index is 1.32. The summed E-state index contributed by atoms with van der Waals surface area (Å²) >= 11 is 1.74. The standard InChI is InChI=1S/C29H40N6OS/c1-32-16-18-35(19-17-32)28-30-26(25-24(20-37-27(25)31-28)22-8-4-3-5-9-22)34-14-10-23(11-15-34)33(2)29(21-36)12-6-7-13-29/h3-5,8-9,20,23,36H,6-7,10-19,21H2,1-2H3. The number of anilines is 2. The molecule has 6 rings (SSSR count). The van der Waals surface area contributed by atoms with Gasteiger partial charge in [-0.3, -0.25) is 4.90 Å². The molecule has 0 spiro atoms. The number of hydrogen-bond acceptors (Lipinski definition) is 8. The maximum absolute atomic E-state index is 10.3. The fourth-order valence-corrected chi connectivity index (χ4v) is 7.56. The van der Waals surface area contributed by atoms with E-state index in [9.17, 15) is 5.11 Å². The summed E-state index contributed by atoms with van der Waals surface area (Å²) in [4.78, 5) is 21.2. The van der Waals surface area contributed by atoms with Crippen molar-refractivity contribution in [1.82, 2.24) is 19.8 Å². The van der Waals surface area contributed by atoms with E-state index in [1.165, 1.54) is 29.4 Å². The fourth-order valence-electron chi connectivity index (χ4n) is 6.63. The van der Waals surface area contributed by atoms with Gasteiger partial charge in [0.05, 0.1) is 12.0 Å². The van der Waals surface area contributed by atoms with Crippen molar-refractivity contribution in [3.63, 3.8) is 0 Å². The Morgan fingerprint density at radius 3 is 2.35 bits per heavy atom. The summed E-state index contributed by atoms with van der Waals surface area (Å²) in [5.41, 5.74) is 2.45. The van der Waals surface area contributed by atoms with Gasteiger partial charge < -0.3 is 19.8 Å². The largest absolute Gasteiger partial charge is 0.394 e. The van der Waals surface area contributed by atoms with Gasteiger partial charge in [0, 0.05) is 61.8 Å². The molecule has 4 heterocycles. The summed E-state index contributed by atoms with van der Waals surface area (Å²) in [7, 11) is 4.44. The Bertz CT molecular complexity index is 1190. The van der Waals surface area contributed by atoms with Gasteiger partial charge in [0.15, 0.2) is 0 Å². The van der Waals surface area contributed by atoms with Crippen LogP contribution in [0.4, 0.5) is 11.8 Å². The highest BCUT2D eigenvalue weighted by Crippen LogP contribution is 2.41. The van der Waals surface area contributed by atoms with Crippen LogP contribution in [-0.4, -0.2) is 96.4 Å². The van der Waals surface area contributed by atoms with Crippen LogP contribution in [0.5, 0.6) is 0 Å². The van der Waals surface area contributed by atoms with E-state index in [0.717, 1.165) is 81.5 Å². The van der Waals surface area contributed by atoms with E-state index in [-0.39, 0.29) is 12.1 Å². The molecule has 3 fully saturated rings. The number of aliphatic hydroxyl groups is 1. The summed E-state index contributed by atoms with van der Waals surface area (Å²) in [6.07, 6.45) is 6.90. The van der Waals surface area contributed by atoms with Gasteiger partial charge in [0.25, 0.3) is 0 Å². The molecule has 0 amide bonds. The molecule has 2 aromatic heterocycles. The maximum atomic E-state index is 10.3. The first-order chi connectivity index (χ1) is 18.1. The Labute approximate surface area is 224 Å². The van der Waals surface area contributed by atoms with E-state index >= 15 is 0 Å². The normalized spacial score (nSPS) is 21.4. The van der Waals surface area contributed by atoms with E-state index in [0.29, 0.717) is 6.04 Å². The lowest BCUT2D eigenvalue weighted by Crippen LogP contribution is -2.55. The number of benzene rings is 1. The molecule has 1 N–H and O–H groups in total. The predicted molar refractivity (Wildman–Crippen MR) is 154 cm³/mol. The number of rotatable bonds is 6. The summed E-state index contributed by atoms with van der Waals surface area (Å²) in [6.45, 7) is 6.26. The van der Waals surface area contributed by atoms with Crippen LogP contribution in [0.25, 0.3) is 21.3 Å². The minimum atomic E-state index is -0.0164. The van der Waals surface area contributed by atoms with Crippen LogP contribution in [0.15, 0.2) is 35.7 Å². The number of fused-ring (bicyclic) bond motifs is 1. The molecule has 8 heteroatoms. The zero-order valence-corrected chi connectivity index (χ0v) is 23.1. The number of piperidine rings is 1. The van der Waals surface area contributed by atoms with Crippen molar-refractivity contribution < 1.29 is 5.11 Å². The summed E-state index contributed by atoms with van der Waals surface area (Å²) in [5.74, 6) is 1.97. The van der Waals surface area contributed by atoms with Crippen molar-refractivity contribution in [2.45, 2.75) is 50.1 Å². The van der Waals surface area contributed by atoms with Crippen molar-refractivity contribution >= 4 is 33.3 Å². The SMILES string of the molecule is CN1CCN(c2nc(N3CCC(N(C)C4(CO)CCCC4)CC3)c3c(-c4ccccc4)csc3n2)CC1. The molecule has 2 aliphatic heterocycles. The minimum absolute atomic E-state index is 0.0164. The average molecular weight is 521 g/mol. The highest BCUT2D eigenvalue weighted by Gasteiger charge is 2.41. The van der Waals surface area contributed by atoms with Gasteiger partial charge in [0.2, 0.25) is 5.95 Å². The van der Waals surface area contributed by atoms with E-state index in [4.69, 9.17) is 9.97 Å². The second kappa shape index (κ2) is 10.5. The highest BCUT2D eigenvalue weighted by atomic mass is 32.1. The number of aliphatic hydroxyl groups excluding tert-OH is 1. The molecule has 2 saturated heterocycles. The Kier molecular flexibility index (Phi) is 7.09. The Morgan fingerprint density at radius 1 is 0.973 bits per heavy atom. The lowest BCUT2D eigenvalue weighted by Gasteiger charge is -2.46. The quantitative estimate of drug-likeness (QED) is 0.520. The molecule has 198 valence electrons. The van der Waals surface area contributed by atoms with Gasteiger partial charge in [-0.2, -0.15) is 4.98 Å². The molecular formula is C29H40N6OS. The van der Waals surface area contributed by atoms with Gasteiger partial charge in [-0.15, -0.1) is 11.3 Å². The first-order valence-corrected chi connectivity index (χ1v) is 14.8.